The van der Waals surface area contributed by atoms with Crippen LogP contribution < -0.4 is 10.1 Å². The number of hydrogen-bond acceptors (Lipinski definition) is 4. The highest BCUT2D eigenvalue weighted by atomic mass is 16.6. The lowest BCUT2D eigenvalue weighted by atomic mass is 10.0. The molecule has 0 aliphatic carbocycles. The van der Waals surface area contributed by atoms with Gasteiger partial charge in [0.1, 0.15) is 11.4 Å². The monoisotopic (exact) mass is 306 g/mol. The number of carbonyl (C=O) groups excluding carboxylic acids is 1. The largest absolute Gasteiger partial charge is 0.497 e. The number of nitrogens with zero attached hydrogens (tertiary/aromatic N) is 1. The van der Waals surface area contributed by atoms with Crippen molar-refractivity contribution in [2.24, 2.45) is 0 Å². The number of rotatable bonds is 3. The van der Waals surface area contributed by atoms with Crippen LogP contribution in [-0.2, 0) is 11.2 Å². The lowest BCUT2D eigenvalue weighted by Crippen LogP contribution is -2.55. The lowest BCUT2D eigenvalue weighted by molar-refractivity contribution is 0.0122. The van der Waals surface area contributed by atoms with E-state index in [1.54, 1.807) is 7.11 Å². The minimum Gasteiger partial charge on any atom is -0.497 e. The number of carbonyl (C=O) groups is 1. The van der Waals surface area contributed by atoms with Gasteiger partial charge in [-0.25, -0.2) is 4.79 Å². The van der Waals surface area contributed by atoms with E-state index in [9.17, 15) is 4.79 Å². The minimum atomic E-state index is -0.470. The fourth-order valence-corrected chi connectivity index (χ4v) is 2.58. The van der Waals surface area contributed by atoms with Gasteiger partial charge in [0.25, 0.3) is 0 Å². The first kappa shape index (κ1) is 16.6. The summed E-state index contributed by atoms with van der Waals surface area (Å²) in [5, 5.41) is 3.35. The molecule has 1 aromatic rings. The molecule has 1 aromatic carbocycles. The second kappa shape index (κ2) is 7.01. The number of methoxy groups -OCH3 is 1. The Labute approximate surface area is 132 Å². The first-order valence-corrected chi connectivity index (χ1v) is 7.72. The number of nitrogens with one attached hydrogen (secondary N) is 1. The van der Waals surface area contributed by atoms with Gasteiger partial charge in [0.2, 0.25) is 0 Å². The highest BCUT2D eigenvalue weighted by Gasteiger charge is 2.30. The van der Waals surface area contributed by atoms with Crippen LogP contribution in [0.25, 0.3) is 0 Å². The molecule has 0 saturated carbocycles. The highest BCUT2D eigenvalue weighted by Crippen LogP contribution is 2.19. The van der Waals surface area contributed by atoms with Gasteiger partial charge in [-0.2, -0.15) is 0 Å². The number of ether oxygens (including phenoxy) is 2. The van der Waals surface area contributed by atoms with E-state index in [0.29, 0.717) is 6.54 Å². The summed E-state index contributed by atoms with van der Waals surface area (Å²) in [6.45, 7) is 7.92. The van der Waals surface area contributed by atoms with Crippen molar-refractivity contribution in [2.45, 2.75) is 38.8 Å². The van der Waals surface area contributed by atoms with E-state index in [0.717, 1.165) is 30.8 Å². The smallest absolute Gasteiger partial charge is 0.410 e. The van der Waals surface area contributed by atoms with Gasteiger partial charge in [-0.15, -0.1) is 0 Å². The standard InChI is InChI=1S/C17H26N2O3/c1-17(2,3)22-16(20)19-9-8-18-12-14(19)10-13-6-5-7-15(11-13)21-4/h5-7,11,14,18H,8-10,12H2,1-4H3/t14-/m1/s1. The fourth-order valence-electron chi connectivity index (χ4n) is 2.58. The van der Waals surface area contributed by atoms with Gasteiger partial charge in [-0.1, -0.05) is 12.1 Å². The molecule has 5 heteroatoms. The van der Waals surface area contributed by atoms with Crippen molar-refractivity contribution in [3.63, 3.8) is 0 Å². The summed E-state index contributed by atoms with van der Waals surface area (Å²) in [6, 6.07) is 8.07. The van der Waals surface area contributed by atoms with E-state index >= 15 is 0 Å². The van der Waals surface area contributed by atoms with Crippen LogP contribution in [0.15, 0.2) is 24.3 Å². The van der Waals surface area contributed by atoms with Crippen LogP contribution in [0.2, 0.25) is 0 Å². The number of piperazine rings is 1. The average Bonchev–Trinajstić information content (AvgIpc) is 2.46. The molecule has 0 bridgehead atoms. The maximum absolute atomic E-state index is 12.4. The number of benzene rings is 1. The van der Waals surface area contributed by atoms with Crippen LogP contribution in [0.5, 0.6) is 5.75 Å². The summed E-state index contributed by atoms with van der Waals surface area (Å²) in [5.74, 6) is 0.838. The second-order valence-corrected chi connectivity index (χ2v) is 6.59. The van der Waals surface area contributed by atoms with Crippen LogP contribution in [0.3, 0.4) is 0 Å². The topological polar surface area (TPSA) is 50.8 Å². The van der Waals surface area contributed by atoms with Crippen LogP contribution >= 0.6 is 0 Å². The third-order valence-corrected chi connectivity index (χ3v) is 3.58. The maximum atomic E-state index is 12.4. The Morgan fingerprint density at radius 1 is 1.41 bits per heavy atom. The normalized spacial score (nSPS) is 18.9. The SMILES string of the molecule is COc1cccc(C[C@@H]2CNCCN2C(=O)OC(C)(C)C)c1. The Morgan fingerprint density at radius 3 is 2.86 bits per heavy atom. The van der Waals surface area contributed by atoms with E-state index < -0.39 is 5.60 Å². The molecule has 122 valence electrons. The second-order valence-electron chi connectivity index (χ2n) is 6.59. The molecule has 1 aliphatic rings. The summed E-state index contributed by atoms with van der Waals surface area (Å²) < 4.78 is 10.8. The minimum absolute atomic E-state index is 0.0932. The molecule has 2 rings (SSSR count). The highest BCUT2D eigenvalue weighted by molar-refractivity contribution is 5.68. The first-order valence-electron chi connectivity index (χ1n) is 7.72. The van der Waals surface area contributed by atoms with E-state index in [-0.39, 0.29) is 12.1 Å². The van der Waals surface area contributed by atoms with Crippen molar-refractivity contribution in [2.75, 3.05) is 26.7 Å². The van der Waals surface area contributed by atoms with Gasteiger partial charge in [-0.05, 0) is 44.9 Å². The van der Waals surface area contributed by atoms with Crippen molar-refractivity contribution in [1.29, 1.82) is 0 Å². The van der Waals surface area contributed by atoms with Crippen LogP contribution in [0, 0.1) is 0 Å². The predicted octanol–water partition coefficient (Wildman–Crippen LogP) is 2.45. The molecule has 0 spiro atoms. The summed E-state index contributed by atoms with van der Waals surface area (Å²) in [4.78, 5) is 14.2. The Kier molecular flexibility index (Phi) is 5.29. The molecule has 5 nitrogen and oxygen atoms in total. The molecule has 1 N–H and O–H groups in total. The van der Waals surface area contributed by atoms with Gasteiger partial charge in [0, 0.05) is 19.6 Å². The Balaban J connectivity index is 2.07. The molecule has 1 saturated heterocycles. The zero-order valence-electron chi connectivity index (χ0n) is 13.9. The molecule has 1 heterocycles. The van der Waals surface area contributed by atoms with Crippen molar-refractivity contribution in [1.82, 2.24) is 10.2 Å². The van der Waals surface area contributed by atoms with Crippen molar-refractivity contribution >= 4 is 6.09 Å². The van der Waals surface area contributed by atoms with Gasteiger partial charge >= 0.3 is 6.09 Å². The maximum Gasteiger partial charge on any atom is 0.410 e. The predicted molar refractivity (Wildman–Crippen MR) is 86.3 cm³/mol. The molecular formula is C17H26N2O3. The van der Waals surface area contributed by atoms with Gasteiger partial charge in [0.05, 0.1) is 13.2 Å². The molecule has 1 amide bonds. The summed E-state index contributed by atoms with van der Waals surface area (Å²) in [7, 11) is 1.66. The van der Waals surface area contributed by atoms with E-state index in [1.165, 1.54) is 0 Å². The molecule has 0 radical (unpaired) electrons. The molecule has 22 heavy (non-hydrogen) atoms. The third-order valence-electron chi connectivity index (χ3n) is 3.58. The summed E-state index contributed by atoms with van der Waals surface area (Å²) in [5.41, 5.74) is 0.685. The van der Waals surface area contributed by atoms with Crippen LogP contribution in [0.4, 0.5) is 4.79 Å². The van der Waals surface area contributed by atoms with Crippen molar-refractivity contribution in [3.05, 3.63) is 29.8 Å². The Hall–Kier alpha value is -1.75. The van der Waals surface area contributed by atoms with Crippen molar-refractivity contribution in [3.8, 4) is 5.75 Å². The average molecular weight is 306 g/mol. The van der Waals surface area contributed by atoms with E-state index in [1.807, 2.05) is 43.9 Å². The molecule has 0 aromatic heterocycles. The zero-order chi connectivity index (χ0) is 16.2. The zero-order valence-corrected chi connectivity index (χ0v) is 13.9. The Morgan fingerprint density at radius 2 is 2.18 bits per heavy atom. The summed E-state index contributed by atoms with van der Waals surface area (Å²) >= 11 is 0. The van der Waals surface area contributed by atoms with Crippen LogP contribution in [-0.4, -0.2) is 49.4 Å². The van der Waals surface area contributed by atoms with E-state index in [2.05, 4.69) is 11.4 Å². The number of amides is 1. The first-order chi connectivity index (χ1) is 10.4. The fraction of sp³-hybridized carbons (Fsp3) is 0.588. The van der Waals surface area contributed by atoms with Gasteiger partial charge < -0.3 is 19.7 Å². The van der Waals surface area contributed by atoms with E-state index in [4.69, 9.17) is 9.47 Å². The van der Waals surface area contributed by atoms with Crippen LogP contribution in [0.1, 0.15) is 26.3 Å². The Bertz CT molecular complexity index is 511. The molecule has 0 unspecified atom stereocenters. The lowest BCUT2D eigenvalue weighted by Gasteiger charge is -2.37. The molecule has 1 atom stereocenters. The third kappa shape index (κ3) is 4.63. The molecule has 1 aliphatic heterocycles. The van der Waals surface area contributed by atoms with Gasteiger partial charge in [0.15, 0.2) is 0 Å². The van der Waals surface area contributed by atoms with Gasteiger partial charge in [-0.3, -0.25) is 0 Å². The molecular weight excluding hydrogens is 280 g/mol. The quantitative estimate of drug-likeness (QED) is 0.932. The summed E-state index contributed by atoms with van der Waals surface area (Å²) in [6.07, 6.45) is 0.547. The molecule has 1 fully saturated rings. The van der Waals surface area contributed by atoms with Crippen molar-refractivity contribution < 1.29 is 14.3 Å². The number of hydrogen-bond donors (Lipinski definition) is 1.